The van der Waals surface area contributed by atoms with E-state index in [9.17, 15) is 18.0 Å². The molecule has 1 aromatic rings. The molecule has 1 atom stereocenters. The van der Waals surface area contributed by atoms with Crippen LogP contribution in [0.3, 0.4) is 0 Å². The predicted molar refractivity (Wildman–Crippen MR) is 59.9 cm³/mol. The van der Waals surface area contributed by atoms with E-state index in [0.717, 1.165) is 4.90 Å². The highest BCUT2D eigenvalue weighted by Gasteiger charge is 2.37. The number of carboxylic acids is 1. The number of nitrogens with one attached hydrogen (secondary N) is 1. The fraction of sp³-hybridized carbons (Fsp3) is 0.625. The van der Waals surface area contributed by atoms with Crippen molar-refractivity contribution in [3.05, 3.63) is 5.82 Å². The Morgan fingerprint density at radius 1 is 1.47 bits per heavy atom. The van der Waals surface area contributed by atoms with Gasteiger partial charge in [-0.2, -0.15) is 5.21 Å². The molecular weight excluding hydrogens is 278 g/mol. The van der Waals surface area contributed by atoms with Gasteiger partial charge in [0.05, 0.1) is 11.5 Å². The number of carboxylic acid groups (broad SMARTS) is 1. The molecule has 1 saturated heterocycles. The number of aliphatic carboxylic acids is 1. The van der Waals surface area contributed by atoms with Gasteiger partial charge in [0.2, 0.25) is 0 Å². The number of carbonyl (C=O) groups is 2. The molecule has 0 saturated carbocycles. The van der Waals surface area contributed by atoms with Crippen molar-refractivity contribution in [2.45, 2.75) is 12.5 Å². The second kappa shape index (κ2) is 4.91. The zero-order valence-electron chi connectivity index (χ0n) is 9.68. The maximum absolute atomic E-state index is 12.0. The van der Waals surface area contributed by atoms with Crippen molar-refractivity contribution < 1.29 is 23.1 Å². The third kappa shape index (κ3) is 3.05. The first-order chi connectivity index (χ1) is 8.89. The van der Waals surface area contributed by atoms with Gasteiger partial charge in [-0.05, 0) is 11.6 Å². The minimum atomic E-state index is -3.23. The van der Waals surface area contributed by atoms with Crippen molar-refractivity contribution in [1.82, 2.24) is 25.5 Å². The van der Waals surface area contributed by atoms with Gasteiger partial charge >= 0.3 is 5.97 Å². The first-order valence-electron chi connectivity index (χ1n) is 5.36. The second-order valence-corrected chi connectivity index (χ2v) is 6.35. The highest BCUT2D eigenvalue weighted by molar-refractivity contribution is 7.91. The number of rotatable bonds is 4. The van der Waals surface area contributed by atoms with Gasteiger partial charge in [-0.25, -0.2) is 8.42 Å². The molecule has 0 spiro atoms. The lowest BCUT2D eigenvalue weighted by Crippen LogP contribution is -2.44. The zero-order valence-corrected chi connectivity index (χ0v) is 10.5. The van der Waals surface area contributed by atoms with Crippen LogP contribution in [0.5, 0.6) is 0 Å². The summed E-state index contributed by atoms with van der Waals surface area (Å²) in [5.74, 6) is -2.58. The third-order valence-electron chi connectivity index (χ3n) is 2.75. The van der Waals surface area contributed by atoms with E-state index >= 15 is 0 Å². The van der Waals surface area contributed by atoms with Crippen LogP contribution < -0.4 is 0 Å². The Balaban J connectivity index is 2.21. The number of tetrazole rings is 1. The Kier molecular flexibility index (Phi) is 3.46. The van der Waals surface area contributed by atoms with Gasteiger partial charge in [-0.15, -0.1) is 10.2 Å². The summed E-state index contributed by atoms with van der Waals surface area (Å²) in [5, 5.41) is 21.0. The number of aromatic amines is 1. The van der Waals surface area contributed by atoms with E-state index in [2.05, 4.69) is 20.6 Å². The van der Waals surface area contributed by atoms with Crippen molar-refractivity contribution in [3.63, 3.8) is 0 Å². The van der Waals surface area contributed by atoms with Crippen molar-refractivity contribution in [1.29, 1.82) is 0 Å². The molecule has 2 rings (SSSR count). The van der Waals surface area contributed by atoms with Gasteiger partial charge < -0.3 is 10.0 Å². The second-order valence-electron chi connectivity index (χ2n) is 4.12. The number of hydrogen-bond donors (Lipinski definition) is 2. The molecule has 2 N–H and O–H groups in total. The summed E-state index contributed by atoms with van der Waals surface area (Å²) < 4.78 is 22.8. The molecule has 1 fully saturated rings. The molecule has 0 radical (unpaired) electrons. The average molecular weight is 289 g/mol. The van der Waals surface area contributed by atoms with Gasteiger partial charge in [0.15, 0.2) is 9.84 Å². The van der Waals surface area contributed by atoms with Gasteiger partial charge in [0.25, 0.3) is 11.7 Å². The summed E-state index contributed by atoms with van der Waals surface area (Å²) in [6.07, 6.45) is 0.208. The smallest absolute Gasteiger partial charge is 0.323 e. The maximum Gasteiger partial charge on any atom is 0.323 e. The molecule has 2 heterocycles. The number of sulfone groups is 1. The number of nitrogens with zero attached hydrogens (tertiary/aromatic N) is 4. The summed E-state index contributed by atoms with van der Waals surface area (Å²) in [5.41, 5.74) is 0. The van der Waals surface area contributed by atoms with Crippen LogP contribution in [0.2, 0.25) is 0 Å². The monoisotopic (exact) mass is 289 g/mol. The standard InChI is InChI=1S/C8H11N5O5S/c14-6(15)3-13(5-1-2-19(17,18)4-5)8(16)7-9-11-12-10-7/h5H,1-4H2,(H,14,15)(H,9,10,11,12). The van der Waals surface area contributed by atoms with E-state index in [1.165, 1.54) is 0 Å². The van der Waals surface area contributed by atoms with E-state index in [4.69, 9.17) is 5.11 Å². The van der Waals surface area contributed by atoms with Gasteiger partial charge in [-0.3, -0.25) is 9.59 Å². The highest BCUT2D eigenvalue weighted by Crippen LogP contribution is 2.18. The van der Waals surface area contributed by atoms with E-state index in [-0.39, 0.29) is 23.8 Å². The third-order valence-corrected chi connectivity index (χ3v) is 4.50. The van der Waals surface area contributed by atoms with Crippen LogP contribution in [0.15, 0.2) is 0 Å². The van der Waals surface area contributed by atoms with Crippen LogP contribution in [0.1, 0.15) is 17.0 Å². The Morgan fingerprint density at radius 2 is 2.21 bits per heavy atom. The summed E-state index contributed by atoms with van der Waals surface area (Å²) in [7, 11) is -3.23. The van der Waals surface area contributed by atoms with Crippen molar-refractivity contribution >= 4 is 21.7 Å². The average Bonchev–Trinajstić information content (AvgIpc) is 2.94. The van der Waals surface area contributed by atoms with Crippen LogP contribution in [-0.4, -0.2) is 75.0 Å². The fourth-order valence-electron chi connectivity index (χ4n) is 1.91. The predicted octanol–water partition coefficient (Wildman–Crippen LogP) is -2.09. The van der Waals surface area contributed by atoms with Crippen LogP contribution in [0.4, 0.5) is 0 Å². The molecule has 1 amide bonds. The molecule has 19 heavy (non-hydrogen) atoms. The molecule has 1 aliphatic heterocycles. The number of amides is 1. The molecule has 1 aromatic heterocycles. The molecule has 1 unspecified atom stereocenters. The number of aromatic nitrogens is 4. The van der Waals surface area contributed by atoms with Gasteiger partial charge in [0, 0.05) is 6.04 Å². The van der Waals surface area contributed by atoms with Crippen molar-refractivity contribution in [2.24, 2.45) is 0 Å². The van der Waals surface area contributed by atoms with E-state index < -0.39 is 34.3 Å². The number of hydrogen-bond acceptors (Lipinski definition) is 7. The summed E-state index contributed by atoms with van der Waals surface area (Å²) >= 11 is 0. The minimum Gasteiger partial charge on any atom is -0.480 e. The van der Waals surface area contributed by atoms with Crippen LogP contribution in [-0.2, 0) is 14.6 Å². The molecular formula is C8H11N5O5S. The fourth-order valence-corrected chi connectivity index (χ4v) is 3.65. The van der Waals surface area contributed by atoms with Crippen LogP contribution in [0.25, 0.3) is 0 Å². The van der Waals surface area contributed by atoms with E-state index in [1.54, 1.807) is 0 Å². The Bertz CT molecular complexity index is 583. The molecule has 104 valence electrons. The van der Waals surface area contributed by atoms with E-state index in [1.807, 2.05) is 0 Å². The largest absolute Gasteiger partial charge is 0.480 e. The lowest BCUT2D eigenvalue weighted by molar-refractivity contribution is -0.138. The van der Waals surface area contributed by atoms with Gasteiger partial charge in [-0.1, -0.05) is 0 Å². The summed E-state index contributed by atoms with van der Waals surface area (Å²) in [6.45, 7) is -0.604. The quantitative estimate of drug-likeness (QED) is 0.641. The first-order valence-corrected chi connectivity index (χ1v) is 7.18. The summed E-state index contributed by atoms with van der Waals surface area (Å²) in [6, 6.07) is -0.674. The van der Waals surface area contributed by atoms with Crippen LogP contribution in [0, 0.1) is 0 Å². The molecule has 1 aliphatic rings. The SMILES string of the molecule is O=C(O)CN(C(=O)c1nn[nH]n1)C1CCS(=O)(=O)C1. The molecule has 0 aromatic carbocycles. The Labute approximate surface area is 107 Å². The Hall–Kier alpha value is -2.04. The zero-order chi connectivity index (χ0) is 14.0. The van der Waals surface area contributed by atoms with E-state index in [0.29, 0.717) is 0 Å². The molecule has 0 aliphatic carbocycles. The first kappa shape index (κ1) is 13.4. The molecule has 10 nitrogen and oxygen atoms in total. The lowest BCUT2D eigenvalue weighted by atomic mass is 10.2. The van der Waals surface area contributed by atoms with Crippen molar-refractivity contribution in [2.75, 3.05) is 18.1 Å². The molecule has 11 heteroatoms. The Morgan fingerprint density at radius 3 is 2.68 bits per heavy atom. The number of H-pyrrole nitrogens is 1. The van der Waals surface area contributed by atoms with Crippen LogP contribution >= 0.6 is 0 Å². The highest BCUT2D eigenvalue weighted by atomic mass is 32.2. The lowest BCUT2D eigenvalue weighted by Gasteiger charge is -2.24. The topological polar surface area (TPSA) is 146 Å². The number of carbonyl (C=O) groups excluding carboxylic acids is 1. The summed E-state index contributed by atoms with van der Waals surface area (Å²) in [4.78, 5) is 23.8. The normalized spacial score (nSPS) is 21.2. The van der Waals surface area contributed by atoms with Gasteiger partial charge in [0.1, 0.15) is 6.54 Å². The maximum atomic E-state index is 12.0. The van der Waals surface area contributed by atoms with Crippen molar-refractivity contribution in [3.8, 4) is 0 Å². The molecule has 0 bridgehead atoms. The minimum absolute atomic E-state index is 0.0622.